The molecule has 5 heteroatoms. The van der Waals surface area contributed by atoms with Gasteiger partial charge < -0.3 is 10.2 Å². The zero-order valence-electron chi connectivity index (χ0n) is 12.4. The molecule has 1 aliphatic rings. The fraction of sp³-hybridized carbons (Fsp3) is 0.562. The highest BCUT2D eigenvalue weighted by molar-refractivity contribution is 6.42. The zero-order valence-corrected chi connectivity index (χ0v) is 13.9. The van der Waals surface area contributed by atoms with Gasteiger partial charge in [-0.05, 0) is 44.4 Å². The van der Waals surface area contributed by atoms with Crippen LogP contribution in [0.3, 0.4) is 0 Å². The lowest BCUT2D eigenvalue weighted by Gasteiger charge is -2.30. The molecule has 1 amide bonds. The number of halogens is 2. The topological polar surface area (TPSA) is 33.5 Å². The summed E-state index contributed by atoms with van der Waals surface area (Å²) in [4.78, 5) is 13.7. The van der Waals surface area contributed by atoms with Crippen molar-refractivity contribution in [2.75, 3.05) is 19.6 Å². The van der Waals surface area contributed by atoms with Crippen LogP contribution in [0.2, 0.25) is 10.0 Å². The Morgan fingerprint density at radius 3 is 2.86 bits per heavy atom. The fourth-order valence-electron chi connectivity index (χ4n) is 2.88. The van der Waals surface area contributed by atoms with Crippen molar-refractivity contribution >= 4 is 29.1 Å². The second-order valence-corrected chi connectivity index (χ2v) is 6.61. The molecule has 2 atom stereocenters. The number of hydrogen-bond donors (Lipinski definition) is 2. The van der Waals surface area contributed by atoms with Crippen molar-refractivity contribution in [3.8, 4) is 0 Å². The first-order valence-corrected chi connectivity index (χ1v) is 8.41. The summed E-state index contributed by atoms with van der Waals surface area (Å²) in [5.74, 6) is -0.0877. The van der Waals surface area contributed by atoms with Crippen molar-refractivity contribution < 1.29 is 9.69 Å². The first-order chi connectivity index (χ1) is 10.1. The Hall–Kier alpha value is -0.770. The lowest BCUT2D eigenvalue weighted by Crippen LogP contribution is -3.16. The van der Waals surface area contributed by atoms with Crippen LogP contribution in [0.4, 0.5) is 0 Å². The molecular formula is C16H23Cl2N2O+. The predicted octanol–water partition coefficient (Wildman–Crippen LogP) is 2.57. The third-order valence-electron chi connectivity index (χ3n) is 4.22. The van der Waals surface area contributed by atoms with Gasteiger partial charge in [0.25, 0.3) is 5.91 Å². The molecule has 1 aliphatic heterocycles. The van der Waals surface area contributed by atoms with Gasteiger partial charge in [0, 0.05) is 18.5 Å². The van der Waals surface area contributed by atoms with Gasteiger partial charge in [-0.25, -0.2) is 0 Å². The van der Waals surface area contributed by atoms with E-state index in [9.17, 15) is 4.79 Å². The van der Waals surface area contributed by atoms with Crippen LogP contribution >= 0.6 is 23.2 Å². The van der Waals surface area contributed by atoms with Gasteiger partial charge in [0.15, 0.2) is 0 Å². The highest BCUT2D eigenvalue weighted by atomic mass is 35.5. The second kappa shape index (κ2) is 8.02. The molecule has 0 spiro atoms. The molecule has 21 heavy (non-hydrogen) atoms. The number of hydrogen-bond acceptors (Lipinski definition) is 1. The molecule has 0 bridgehead atoms. The summed E-state index contributed by atoms with van der Waals surface area (Å²) >= 11 is 11.8. The maximum absolute atomic E-state index is 12.0. The highest BCUT2D eigenvalue weighted by Crippen LogP contribution is 2.22. The van der Waals surface area contributed by atoms with Crippen LogP contribution in [-0.4, -0.2) is 31.6 Å². The smallest absolute Gasteiger partial charge is 0.251 e. The molecule has 0 saturated carbocycles. The SMILES string of the molecule is C[C@@H]1CCCC[NH+]1CCCNC(=O)c1ccc(Cl)c(Cl)c1. The summed E-state index contributed by atoms with van der Waals surface area (Å²) in [7, 11) is 0. The number of amides is 1. The summed E-state index contributed by atoms with van der Waals surface area (Å²) in [6, 6.07) is 5.71. The van der Waals surface area contributed by atoms with Crippen molar-refractivity contribution in [1.29, 1.82) is 0 Å². The monoisotopic (exact) mass is 329 g/mol. The maximum atomic E-state index is 12.0. The van der Waals surface area contributed by atoms with E-state index in [0.717, 1.165) is 19.0 Å². The average molecular weight is 330 g/mol. The molecule has 3 nitrogen and oxygen atoms in total. The number of quaternary nitrogens is 1. The number of likely N-dealkylation sites (tertiary alicyclic amines) is 1. The van der Waals surface area contributed by atoms with Crippen molar-refractivity contribution in [2.24, 2.45) is 0 Å². The number of carbonyl (C=O) groups is 1. The van der Waals surface area contributed by atoms with Crippen LogP contribution in [0.15, 0.2) is 18.2 Å². The van der Waals surface area contributed by atoms with Gasteiger partial charge in [0.2, 0.25) is 0 Å². The van der Waals surface area contributed by atoms with Gasteiger partial charge in [-0.15, -0.1) is 0 Å². The number of piperidine rings is 1. The van der Waals surface area contributed by atoms with E-state index >= 15 is 0 Å². The van der Waals surface area contributed by atoms with E-state index in [1.165, 1.54) is 25.8 Å². The molecule has 0 aliphatic carbocycles. The summed E-state index contributed by atoms with van der Waals surface area (Å²) in [5, 5.41) is 3.83. The van der Waals surface area contributed by atoms with Crippen molar-refractivity contribution in [1.82, 2.24) is 5.32 Å². The number of rotatable bonds is 5. The number of nitrogens with one attached hydrogen (secondary N) is 2. The molecule has 0 radical (unpaired) electrons. The Morgan fingerprint density at radius 1 is 1.33 bits per heavy atom. The van der Waals surface area contributed by atoms with Gasteiger partial charge in [0.05, 0.1) is 29.2 Å². The van der Waals surface area contributed by atoms with E-state index in [-0.39, 0.29) is 5.91 Å². The summed E-state index contributed by atoms with van der Waals surface area (Å²) in [6.07, 6.45) is 5.02. The van der Waals surface area contributed by atoms with E-state index in [1.54, 1.807) is 23.1 Å². The largest absolute Gasteiger partial charge is 0.352 e. The first kappa shape index (κ1) is 16.6. The lowest BCUT2D eigenvalue weighted by atomic mass is 10.0. The molecular weight excluding hydrogens is 307 g/mol. The highest BCUT2D eigenvalue weighted by Gasteiger charge is 2.20. The van der Waals surface area contributed by atoms with Crippen LogP contribution in [-0.2, 0) is 0 Å². The van der Waals surface area contributed by atoms with E-state index < -0.39 is 0 Å². The van der Waals surface area contributed by atoms with Gasteiger partial charge in [-0.1, -0.05) is 23.2 Å². The Labute approximate surface area is 136 Å². The van der Waals surface area contributed by atoms with Crippen LogP contribution in [0, 0.1) is 0 Å². The maximum Gasteiger partial charge on any atom is 0.251 e. The zero-order chi connectivity index (χ0) is 15.2. The Morgan fingerprint density at radius 2 is 2.14 bits per heavy atom. The van der Waals surface area contributed by atoms with E-state index in [2.05, 4.69) is 12.2 Å². The van der Waals surface area contributed by atoms with Crippen molar-refractivity contribution in [2.45, 2.75) is 38.6 Å². The first-order valence-electron chi connectivity index (χ1n) is 7.66. The summed E-state index contributed by atoms with van der Waals surface area (Å²) < 4.78 is 0. The Bertz CT molecular complexity index is 493. The molecule has 1 saturated heterocycles. The minimum atomic E-state index is -0.0877. The minimum absolute atomic E-state index is 0.0877. The molecule has 1 fully saturated rings. The average Bonchev–Trinajstić information content (AvgIpc) is 2.48. The number of benzene rings is 1. The van der Waals surface area contributed by atoms with Gasteiger partial charge in [-0.2, -0.15) is 0 Å². The van der Waals surface area contributed by atoms with Gasteiger partial charge in [-0.3, -0.25) is 4.79 Å². The molecule has 1 unspecified atom stereocenters. The standard InChI is InChI=1S/C16H22Cl2N2O/c1-12-5-2-3-9-20(12)10-4-8-19-16(21)13-6-7-14(17)15(18)11-13/h6-7,11-12H,2-5,8-10H2,1H3,(H,19,21)/p+1/t12-/m1/s1. The minimum Gasteiger partial charge on any atom is -0.352 e. The van der Waals surface area contributed by atoms with E-state index in [4.69, 9.17) is 23.2 Å². The molecule has 2 rings (SSSR count). The van der Waals surface area contributed by atoms with Crippen LogP contribution in [0.25, 0.3) is 0 Å². The van der Waals surface area contributed by atoms with Gasteiger partial charge >= 0.3 is 0 Å². The fourth-order valence-corrected chi connectivity index (χ4v) is 3.18. The Balaban J connectivity index is 1.72. The van der Waals surface area contributed by atoms with Crippen molar-refractivity contribution in [3.63, 3.8) is 0 Å². The predicted molar refractivity (Wildman–Crippen MR) is 87.4 cm³/mol. The molecule has 1 aromatic rings. The molecule has 0 aromatic heterocycles. The quantitative estimate of drug-likeness (QED) is 0.800. The normalized spacial score (nSPS) is 22.0. The second-order valence-electron chi connectivity index (χ2n) is 5.79. The van der Waals surface area contributed by atoms with Crippen LogP contribution in [0.1, 0.15) is 43.0 Å². The van der Waals surface area contributed by atoms with Crippen molar-refractivity contribution in [3.05, 3.63) is 33.8 Å². The Kier molecular flexibility index (Phi) is 6.34. The summed E-state index contributed by atoms with van der Waals surface area (Å²) in [5.41, 5.74) is 0.558. The molecule has 1 heterocycles. The van der Waals surface area contributed by atoms with Gasteiger partial charge in [0.1, 0.15) is 0 Å². The number of carbonyl (C=O) groups excluding carboxylic acids is 1. The molecule has 1 aromatic carbocycles. The molecule has 2 N–H and O–H groups in total. The van der Waals surface area contributed by atoms with Crippen LogP contribution < -0.4 is 10.2 Å². The van der Waals surface area contributed by atoms with E-state index in [0.29, 0.717) is 22.2 Å². The third-order valence-corrected chi connectivity index (χ3v) is 4.96. The lowest BCUT2D eigenvalue weighted by molar-refractivity contribution is -0.928. The third kappa shape index (κ3) is 4.87. The van der Waals surface area contributed by atoms with E-state index in [1.807, 2.05) is 0 Å². The van der Waals surface area contributed by atoms with Crippen LogP contribution in [0.5, 0.6) is 0 Å². The molecule has 116 valence electrons. The summed E-state index contributed by atoms with van der Waals surface area (Å²) in [6.45, 7) is 5.42.